The normalized spacial score (nSPS) is 36.3. The largest absolute Gasteiger partial charge is 0.507 e. The van der Waals surface area contributed by atoms with Gasteiger partial charge < -0.3 is 29.9 Å². The third-order valence-corrected chi connectivity index (χ3v) is 9.31. The summed E-state index contributed by atoms with van der Waals surface area (Å²) < 4.78 is 12.9. The lowest BCUT2D eigenvalue weighted by molar-refractivity contribution is -0.256. The summed E-state index contributed by atoms with van der Waals surface area (Å²) >= 11 is 0. The lowest BCUT2D eigenvalue weighted by Gasteiger charge is -2.61. The smallest absolute Gasteiger partial charge is 0.171 e. The monoisotopic (exact) mass is 490 g/mol. The summed E-state index contributed by atoms with van der Waals surface area (Å²) in [4.78, 5) is 12.8. The van der Waals surface area contributed by atoms with Crippen LogP contribution in [-0.2, 0) is 9.53 Å². The Labute approximate surface area is 208 Å². The summed E-state index contributed by atoms with van der Waals surface area (Å²) in [6.07, 6.45) is 1.79. The number of carbonyl (C=O) groups excluding carboxylic acids is 1. The van der Waals surface area contributed by atoms with Crippen LogP contribution in [-0.4, -0.2) is 49.6 Å². The Morgan fingerprint density at radius 2 is 1.86 bits per heavy atom. The molecule has 2 heterocycles. The molecule has 1 aromatic rings. The number of aromatic hydroxyl groups is 2. The molecule has 8 unspecified atom stereocenters. The molecule has 0 spiro atoms. The molecule has 0 aromatic heterocycles. The molecule has 7 heteroatoms. The van der Waals surface area contributed by atoms with Crippen molar-refractivity contribution in [2.45, 2.75) is 116 Å². The minimum absolute atomic E-state index is 0.0173. The summed E-state index contributed by atoms with van der Waals surface area (Å²) in [6, 6.07) is 1.40. The van der Waals surface area contributed by atoms with Crippen LogP contribution in [0.4, 0.5) is 0 Å². The van der Waals surface area contributed by atoms with Crippen LogP contribution in [0, 0.1) is 17.3 Å². The van der Waals surface area contributed by atoms with Gasteiger partial charge in [0.15, 0.2) is 11.5 Å². The maximum Gasteiger partial charge on any atom is 0.171 e. The number of aliphatic hydroxyl groups excluding tert-OH is 1. The second-order valence-electron chi connectivity index (χ2n) is 12.2. The number of phenols is 2. The van der Waals surface area contributed by atoms with Crippen LogP contribution >= 0.6 is 0 Å². The quantitative estimate of drug-likeness (QED) is 0.441. The second-order valence-corrected chi connectivity index (χ2v) is 12.2. The number of Topliss-reactive ketones (excluding diaryl/α,β-unsaturated/α-hetero) is 1. The van der Waals surface area contributed by atoms with Crippen LogP contribution < -0.4 is 4.74 Å². The molecule has 4 N–H and O–H groups in total. The first-order valence-electron chi connectivity index (χ1n) is 13.0. The van der Waals surface area contributed by atoms with Crippen LogP contribution in [0.1, 0.15) is 104 Å². The van der Waals surface area contributed by atoms with Gasteiger partial charge in [0.2, 0.25) is 0 Å². The summed E-state index contributed by atoms with van der Waals surface area (Å²) in [5, 5.41) is 44.5. The van der Waals surface area contributed by atoms with Crippen molar-refractivity contribution in [2.75, 3.05) is 0 Å². The first kappa shape index (κ1) is 26.2. The zero-order valence-corrected chi connectivity index (χ0v) is 22.1. The molecule has 1 aromatic carbocycles. The fourth-order valence-corrected chi connectivity index (χ4v) is 6.95. The highest BCUT2D eigenvalue weighted by Crippen LogP contribution is 2.64. The van der Waals surface area contributed by atoms with Gasteiger partial charge in [-0.1, -0.05) is 27.7 Å². The minimum Gasteiger partial charge on any atom is -0.507 e. The van der Waals surface area contributed by atoms with E-state index in [1.807, 2.05) is 20.8 Å². The van der Waals surface area contributed by atoms with E-state index in [9.17, 15) is 25.2 Å². The molecule has 3 aliphatic rings. The number of ether oxygens (including phenoxy) is 2. The lowest BCUT2D eigenvalue weighted by atomic mass is 9.53. The van der Waals surface area contributed by atoms with Crippen LogP contribution in [0.3, 0.4) is 0 Å². The minimum atomic E-state index is -1.08. The van der Waals surface area contributed by atoms with Gasteiger partial charge in [-0.2, -0.15) is 0 Å². The van der Waals surface area contributed by atoms with Crippen LogP contribution in [0.25, 0.3) is 0 Å². The van der Waals surface area contributed by atoms with Crippen molar-refractivity contribution in [1.29, 1.82) is 0 Å². The molecule has 196 valence electrons. The molecule has 0 amide bonds. The summed E-state index contributed by atoms with van der Waals surface area (Å²) in [7, 11) is 0. The predicted molar refractivity (Wildman–Crippen MR) is 132 cm³/mol. The predicted octanol–water partition coefficient (Wildman–Crippen LogP) is 4.74. The summed E-state index contributed by atoms with van der Waals surface area (Å²) in [5.74, 6) is -1.49. The van der Waals surface area contributed by atoms with Crippen molar-refractivity contribution in [1.82, 2.24) is 0 Å². The molecule has 0 bridgehead atoms. The highest BCUT2D eigenvalue weighted by molar-refractivity contribution is 5.88. The van der Waals surface area contributed by atoms with Gasteiger partial charge in [0, 0.05) is 28.7 Å². The zero-order valence-electron chi connectivity index (χ0n) is 22.1. The first-order chi connectivity index (χ1) is 16.2. The number of rotatable bonds is 5. The number of fused-ring (bicyclic) bond motifs is 4. The van der Waals surface area contributed by atoms with Gasteiger partial charge in [0.25, 0.3) is 0 Å². The maximum atomic E-state index is 12.8. The average molecular weight is 491 g/mol. The van der Waals surface area contributed by atoms with Crippen molar-refractivity contribution in [3.8, 4) is 17.2 Å². The summed E-state index contributed by atoms with van der Waals surface area (Å²) in [6.45, 7) is 13.1. The molecular weight excluding hydrogens is 448 g/mol. The van der Waals surface area contributed by atoms with Crippen LogP contribution in [0.15, 0.2) is 6.07 Å². The number of aliphatic hydroxyl groups is 2. The van der Waals surface area contributed by atoms with E-state index in [-0.39, 0.29) is 52.6 Å². The van der Waals surface area contributed by atoms with Gasteiger partial charge in [-0.3, -0.25) is 4.79 Å². The van der Waals surface area contributed by atoms with Crippen LogP contribution in [0.5, 0.6) is 17.2 Å². The number of ketones is 1. The molecule has 4 rings (SSSR count). The Hall–Kier alpha value is -1.83. The van der Waals surface area contributed by atoms with E-state index < -0.39 is 28.6 Å². The number of hydrogen-bond donors (Lipinski definition) is 4. The van der Waals surface area contributed by atoms with Crippen molar-refractivity contribution in [2.24, 2.45) is 17.3 Å². The molecule has 35 heavy (non-hydrogen) atoms. The van der Waals surface area contributed by atoms with E-state index in [4.69, 9.17) is 9.47 Å². The van der Waals surface area contributed by atoms with Gasteiger partial charge >= 0.3 is 0 Å². The van der Waals surface area contributed by atoms with Crippen molar-refractivity contribution in [3.63, 3.8) is 0 Å². The Morgan fingerprint density at radius 3 is 2.46 bits per heavy atom. The molecule has 1 saturated heterocycles. The average Bonchev–Trinajstić information content (AvgIpc) is 2.77. The third-order valence-electron chi connectivity index (χ3n) is 9.31. The van der Waals surface area contributed by atoms with Gasteiger partial charge in [0.1, 0.15) is 17.1 Å². The molecule has 1 aliphatic carbocycles. The zero-order chi connectivity index (χ0) is 26.1. The standard InChI is InChI=1S/C28H42O7/c1-8-14(2)21(30)15(3)16-13-17(29)20-23(32)25-27(6)11-9-18(26(4,5)33)34-19(27)10-12-28(25,7)35-24(20)22(16)31/h13-15,18-19,23,25,29,31-33H,8-12H2,1-7H3. The highest BCUT2D eigenvalue weighted by atomic mass is 16.5. The highest BCUT2D eigenvalue weighted by Gasteiger charge is 2.63. The van der Waals surface area contributed by atoms with E-state index in [2.05, 4.69) is 6.92 Å². The molecular formula is C28H42O7. The Morgan fingerprint density at radius 1 is 1.20 bits per heavy atom. The first-order valence-corrected chi connectivity index (χ1v) is 13.0. The molecule has 1 saturated carbocycles. The topological polar surface area (TPSA) is 116 Å². The van der Waals surface area contributed by atoms with E-state index in [0.717, 1.165) is 6.42 Å². The molecule has 7 nitrogen and oxygen atoms in total. The van der Waals surface area contributed by atoms with Gasteiger partial charge in [-0.05, 0) is 58.9 Å². The second kappa shape index (κ2) is 8.63. The molecule has 8 atom stereocenters. The van der Waals surface area contributed by atoms with E-state index in [1.54, 1.807) is 20.8 Å². The molecule has 2 fully saturated rings. The van der Waals surface area contributed by atoms with Gasteiger partial charge in [-0.15, -0.1) is 0 Å². The van der Waals surface area contributed by atoms with E-state index >= 15 is 0 Å². The Balaban J connectivity index is 1.74. The SMILES string of the molecule is CCC(C)C(=O)C(C)c1cc(O)c2c(c1O)OC1(C)CCC3OC(C(C)(C)O)CCC3(C)C1C2O. The number of benzene rings is 1. The fourth-order valence-electron chi connectivity index (χ4n) is 6.95. The number of phenolic OH excluding ortho intramolecular Hbond substituents is 2. The third kappa shape index (κ3) is 4.04. The van der Waals surface area contributed by atoms with Gasteiger partial charge in [-0.25, -0.2) is 0 Å². The fraction of sp³-hybridized carbons (Fsp3) is 0.750. The van der Waals surface area contributed by atoms with Crippen molar-refractivity contribution < 1.29 is 34.7 Å². The van der Waals surface area contributed by atoms with Crippen molar-refractivity contribution in [3.05, 3.63) is 17.2 Å². The Kier molecular flexibility index (Phi) is 6.47. The van der Waals surface area contributed by atoms with E-state index in [0.29, 0.717) is 31.2 Å². The van der Waals surface area contributed by atoms with Crippen LogP contribution in [0.2, 0.25) is 0 Å². The number of hydrogen-bond acceptors (Lipinski definition) is 7. The lowest BCUT2D eigenvalue weighted by Crippen LogP contribution is -2.64. The maximum absolute atomic E-state index is 12.8. The molecule has 0 radical (unpaired) electrons. The van der Waals surface area contributed by atoms with Crippen molar-refractivity contribution >= 4 is 5.78 Å². The van der Waals surface area contributed by atoms with Gasteiger partial charge in [0.05, 0.1) is 29.5 Å². The number of carbonyl (C=O) groups is 1. The van der Waals surface area contributed by atoms with E-state index in [1.165, 1.54) is 6.07 Å². The molecule has 2 aliphatic heterocycles. The Bertz CT molecular complexity index is 998. The summed E-state index contributed by atoms with van der Waals surface area (Å²) in [5.41, 5.74) is -1.72.